The zero-order chi connectivity index (χ0) is 11.0. The topological polar surface area (TPSA) is 80.5 Å². The average Bonchev–Trinajstić information content (AvgIpc) is 2.73. The molecule has 0 atom stereocenters. The monoisotopic (exact) mass is 217 g/mol. The van der Waals surface area contributed by atoms with Gasteiger partial charge in [-0.05, 0) is 25.7 Å². The number of hydrogen-bond acceptors (Lipinski definition) is 4. The lowest BCUT2D eigenvalue weighted by atomic mass is 9.86. The third-order valence-electron chi connectivity index (χ3n) is 3.34. The summed E-state index contributed by atoms with van der Waals surface area (Å²) in [4.78, 5) is 15.9. The lowest BCUT2D eigenvalue weighted by molar-refractivity contribution is 0.386. The van der Waals surface area contributed by atoms with Crippen LogP contribution in [-0.4, -0.2) is 26.0 Å². The Labute approximate surface area is 93.5 Å². The second-order valence-corrected chi connectivity index (χ2v) is 4.49. The molecule has 5 nitrogen and oxygen atoms in total. The van der Waals surface area contributed by atoms with Crippen LogP contribution >= 0.6 is 0 Å². The fourth-order valence-electron chi connectivity index (χ4n) is 2.37. The molecule has 3 N–H and O–H groups in total. The highest BCUT2D eigenvalue weighted by Crippen LogP contribution is 2.31. The van der Waals surface area contributed by atoms with E-state index in [9.17, 15) is 0 Å². The smallest absolute Gasteiger partial charge is 0.180 e. The summed E-state index contributed by atoms with van der Waals surface area (Å²) in [5, 5.41) is 0. The maximum absolute atomic E-state index is 5.90. The fourth-order valence-corrected chi connectivity index (χ4v) is 2.37. The van der Waals surface area contributed by atoms with Crippen LogP contribution in [0.4, 0.5) is 0 Å². The van der Waals surface area contributed by atoms with Gasteiger partial charge in [0.25, 0.3) is 0 Å². The summed E-state index contributed by atoms with van der Waals surface area (Å²) in [6, 6.07) is 0.375. The summed E-state index contributed by atoms with van der Waals surface area (Å²) in [5.41, 5.74) is 7.58. The van der Waals surface area contributed by atoms with E-state index in [0.717, 1.165) is 42.7 Å². The molecule has 0 aliphatic heterocycles. The summed E-state index contributed by atoms with van der Waals surface area (Å²) in [5.74, 6) is 1.55. The zero-order valence-electron chi connectivity index (χ0n) is 9.06. The van der Waals surface area contributed by atoms with Gasteiger partial charge in [0.1, 0.15) is 17.7 Å². The van der Waals surface area contributed by atoms with Gasteiger partial charge in [0.15, 0.2) is 5.65 Å². The van der Waals surface area contributed by atoms with Crippen LogP contribution in [0.1, 0.15) is 37.4 Å². The van der Waals surface area contributed by atoms with Crippen molar-refractivity contribution in [2.24, 2.45) is 5.73 Å². The van der Waals surface area contributed by atoms with E-state index in [0.29, 0.717) is 12.0 Å². The Morgan fingerprint density at radius 3 is 2.81 bits per heavy atom. The molecule has 0 radical (unpaired) electrons. The van der Waals surface area contributed by atoms with Gasteiger partial charge in [-0.25, -0.2) is 15.0 Å². The predicted molar refractivity (Wildman–Crippen MR) is 60.9 cm³/mol. The van der Waals surface area contributed by atoms with Crippen LogP contribution in [0.15, 0.2) is 12.5 Å². The van der Waals surface area contributed by atoms with Gasteiger partial charge < -0.3 is 10.7 Å². The number of fused-ring (bicyclic) bond motifs is 1. The Kier molecular flexibility index (Phi) is 2.32. The fraction of sp³-hybridized carbons (Fsp3) is 0.545. The SMILES string of the molecule is NC1CCC(c2nc3ncncc3[nH]2)CC1. The molecule has 0 saturated heterocycles. The first-order valence-electron chi connectivity index (χ1n) is 5.74. The Hall–Kier alpha value is -1.49. The van der Waals surface area contributed by atoms with Crippen molar-refractivity contribution in [1.82, 2.24) is 19.9 Å². The van der Waals surface area contributed by atoms with E-state index < -0.39 is 0 Å². The highest BCUT2D eigenvalue weighted by Gasteiger charge is 2.22. The number of H-pyrrole nitrogens is 1. The van der Waals surface area contributed by atoms with Crippen LogP contribution in [-0.2, 0) is 0 Å². The predicted octanol–water partition coefficient (Wildman–Crippen LogP) is 1.34. The van der Waals surface area contributed by atoms with E-state index in [2.05, 4.69) is 19.9 Å². The quantitative estimate of drug-likeness (QED) is 0.755. The van der Waals surface area contributed by atoms with Gasteiger partial charge >= 0.3 is 0 Å². The minimum atomic E-state index is 0.375. The second kappa shape index (κ2) is 3.83. The highest BCUT2D eigenvalue weighted by molar-refractivity contribution is 5.68. The molecule has 1 fully saturated rings. The molecular weight excluding hydrogens is 202 g/mol. The van der Waals surface area contributed by atoms with Crippen LogP contribution < -0.4 is 5.73 Å². The van der Waals surface area contributed by atoms with E-state index in [-0.39, 0.29) is 0 Å². The normalized spacial score (nSPS) is 26.1. The van der Waals surface area contributed by atoms with Crippen molar-refractivity contribution in [1.29, 1.82) is 0 Å². The van der Waals surface area contributed by atoms with Crippen molar-refractivity contribution in [3.8, 4) is 0 Å². The summed E-state index contributed by atoms with van der Waals surface area (Å²) in [6.45, 7) is 0. The van der Waals surface area contributed by atoms with Crippen LogP contribution in [0.25, 0.3) is 11.2 Å². The number of nitrogens with two attached hydrogens (primary N) is 1. The number of imidazole rings is 1. The van der Waals surface area contributed by atoms with Crippen LogP contribution in [0.5, 0.6) is 0 Å². The molecule has 3 rings (SSSR count). The Morgan fingerprint density at radius 1 is 1.25 bits per heavy atom. The van der Waals surface area contributed by atoms with E-state index in [1.807, 2.05) is 0 Å². The van der Waals surface area contributed by atoms with Gasteiger partial charge in [-0.1, -0.05) is 0 Å². The first-order valence-corrected chi connectivity index (χ1v) is 5.74. The van der Waals surface area contributed by atoms with Crippen LogP contribution in [0.3, 0.4) is 0 Å². The third-order valence-corrected chi connectivity index (χ3v) is 3.34. The van der Waals surface area contributed by atoms with Gasteiger partial charge in [0, 0.05) is 12.0 Å². The highest BCUT2D eigenvalue weighted by atomic mass is 15.0. The van der Waals surface area contributed by atoms with Crippen molar-refractivity contribution in [3.05, 3.63) is 18.3 Å². The van der Waals surface area contributed by atoms with Gasteiger partial charge in [-0.2, -0.15) is 0 Å². The van der Waals surface area contributed by atoms with Crippen molar-refractivity contribution in [2.45, 2.75) is 37.6 Å². The van der Waals surface area contributed by atoms with Crippen molar-refractivity contribution in [2.75, 3.05) is 0 Å². The maximum atomic E-state index is 5.90. The average molecular weight is 217 g/mol. The number of nitrogens with zero attached hydrogens (tertiary/aromatic N) is 3. The van der Waals surface area contributed by atoms with E-state index in [1.54, 1.807) is 6.20 Å². The molecule has 0 amide bonds. The number of aromatic nitrogens is 4. The summed E-state index contributed by atoms with van der Waals surface area (Å²) >= 11 is 0. The molecule has 2 aromatic rings. The summed E-state index contributed by atoms with van der Waals surface area (Å²) in [6.07, 6.45) is 7.72. The largest absolute Gasteiger partial charge is 0.339 e. The molecule has 0 unspecified atom stereocenters. The molecular formula is C11H15N5. The summed E-state index contributed by atoms with van der Waals surface area (Å²) < 4.78 is 0. The molecule has 2 aromatic heterocycles. The standard InChI is InChI=1S/C11H15N5/c12-8-3-1-7(2-4-8)10-15-9-5-13-6-14-11(9)16-10/h5-8H,1-4,12H2,(H,13,14,15,16). The van der Waals surface area contributed by atoms with Gasteiger partial charge in [0.2, 0.25) is 0 Å². The van der Waals surface area contributed by atoms with Crippen molar-refractivity contribution < 1.29 is 0 Å². The first-order chi connectivity index (χ1) is 7.83. The molecule has 16 heavy (non-hydrogen) atoms. The molecule has 1 aliphatic carbocycles. The Morgan fingerprint density at radius 2 is 2.06 bits per heavy atom. The first kappa shape index (κ1) is 9.72. The molecule has 0 spiro atoms. The molecule has 0 aromatic carbocycles. The maximum Gasteiger partial charge on any atom is 0.180 e. The molecule has 1 aliphatic rings. The molecule has 5 heteroatoms. The molecule has 2 heterocycles. The van der Waals surface area contributed by atoms with Gasteiger partial charge in [-0.3, -0.25) is 0 Å². The third kappa shape index (κ3) is 1.67. The van der Waals surface area contributed by atoms with Crippen molar-refractivity contribution in [3.63, 3.8) is 0 Å². The zero-order valence-corrected chi connectivity index (χ0v) is 9.06. The molecule has 84 valence electrons. The number of nitrogens with one attached hydrogen (secondary N) is 1. The lowest BCUT2D eigenvalue weighted by Crippen LogP contribution is -2.26. The Bertz CT molecular complexity index is 451. The minimum absolute atomic E-state index is 0.375. The van der Waals surface area contributed by atoms with Gasteiger partial charge in [0.05, 0.1) is 6.20 Å². The van der Waals surface area contributed by atoms with E-state index in [1.165, 1.54) is 6.33 Å². The lowest BCUT2D eigenvalue weighted by Gasteiger charge is -2.24. The number of hydrogen-bond donors (Lipinski definition) is 2. The minimum Gasteiger partial charge on any atom is -0.339 e. The van der Waals surface area contributed by atoms with E-state index in [4.69, 9.17) is 5.73 Å². The summed E-state index contributed by atoms with van der Waals surface area (Å²) in [7, 11) is 0. The van der Waals surface area contributed by atoms with Crippen molar-refractivity contribution >= 4 is 11.2 Å². The number of rotatable bonds is 1. The Balaban J connectivity index is 1.88. The molecule has 1 saturated carbocycles. The second-order valence-electron chi connectivity index (χ2n) is 4.49. The van der Waals surface area contributed by atoms with E-state index >= 15 is 0 Å². The number of aromatic amines is 1. The van der Waals surface area contributed by atoms with Crippen LogP contribution in [0, 0.1) is 0 Å². The van der Waals surface area contributed by atoms with Crippen LogP contribution in [0.2, 0.25) is 0 Å². The van der Waals surface area contributed by atoms with Gasteiger partial charge in [-0.15, -0.1) is 0 Å². The molecule has 0 bridgehead atoms.